The lowest BCUT2D eigenvalue weighted by molar-refractivity contribution is 0.0691. The van der Waals surface area contributed by atoms with Gasteiger partial charge in [0.1, 0.15) is 0 Å². The Morgan fingerprint density at radius 1 is 1.50 bits per heavy atom. The highest BCUT2D eigenvalue weighted by Gasteiger charge is 2.17. The van der Waals surface area contributed by atoms with Crippen LogP contribution in [0.1, 0.15) is 34.8 Å². The van der Waals surface area contributed by atoms with Gasteiger partial charge in [0.15, 0.2) is 11.5 Å². The second kappa shape index (κ2) is 5.59. The smallest absolute Gasteiger partial charge is 0.358 e. The summed E-state index contributed by atoms with van der Waals surface area (Å²) >= 11 is 1.63. The van der Waals surface area contributed by atoms with Crippen molar-refractivity contribution in [3.8, 4) is 0 Å². The van der Waals surface area contributed by atoms with Crippen molar-refractivity contribution in [1.82, 2.24) is 9.97 Å². The van der Waals surface area contributed by atoms with Gasteiger partial charge in [0.05, 0.1) is 6.04 Å². The second-order valence-electron chi connectivity index (χ2n) is 3.68. The maximum atomic E-state index is 11.0. The van der Waals surface area contributed by atoms with E-state index in [0.717, 1.165) is 11.3 Å². The molecule has 1 atom stereocenters. The van der Waals surface area contributed by atoms with Gasteiger partial charge in [0.2, 0.25) is 0 Å². The minimum absolute atomic E-state index is 0.0486. The van der Waals surface area contributed by atoms with E-state index < -0.39 is 5.97 Å². The number of aromatic nitrogens is 2. The molecule has 5 nitrogen and oxygen atoms in total. The second-order valence-corrected chi connectivity index (χ2v) is 4.66. The predicted octanol–water partition coefficient (Wildman–Crippen LogP) is 2.80. The maximum Gasteiger partial charge on any atom is 0.358 e. The Morgan fingerprint density at radius 3 is 2.89 bits per heavy atom. The molecule has 2 N–H and O–H groups in total. The first-order valence-corrected chi connectivity index (χ1v) is 6.44. The molecular weight excluding hydrogens is 250 g/mol. The monoisotopic (exact) mass is 263 g/mol. The quantitative estimate of drug-likeness (QED) is 0.867. The molecule has 0 bridgehead atoms. The molecule has 2 aromatic heterocycles. The van der Waals surface area contributed by atoms with Crippen molar-refractivity contribution in [2.45, 2.75) is 19.4 Å². The van der Waals surface area contributed by atoms with Crippen molar-refractivity contribution < 1.29 is 9.90 Å². The molecule has 0 aliphatic heterocycles. The summed E-state index contributed by atoms with van der Waals surface area (Å²) in [7, 11) is 0. The molecule has 2 aromatic rings. The van der Waals surface area contributed by atoms with E-state index in [-0.39, 0.29) is 11.7 Å². The third kappa shape index (κ3) is 2.65. The number of nitrogens with zero attached hydrogens (tertiary/aromatic N) is 2. The molecule has 0 saturated carbocycles. The number of hydrogen-bond acceptors (Lipinski definition) is 5. The van der Waals surface area contributed by atoms with E-state index in [1.165, 1.54) is 12.4 Å². The van der Waals surface area contributed by atoms with Crippen LogP contribution in [0.2, 0.25) is 0 Å². The predicted molar refractivity (Wildman–Crippen MR) is 70.0 cm³/mol. The van der Waals surface area contributed by atoms with Crippen LogP contribution in [-0.4, -0.2) is 21.0 Å². The summed E-state index contributed by atoms with van der Waals surface area (Å²) in [6.45, 7) is 2.04. The lowest BCUT2D eigenvalue weighted by Gasteiger charge is -2.16. The zero-order valence-corrected chi connectivity index (χ0v) is 10.6. The Hall–Kier alpha value is -1.95. The number of hydrogen-bond donors (Lipinski definition) is 2. The van der Waals surface area contributed by atoms with Gasteiger partial charge in [0, 0.05) is 17.3 Å². The fourth-order valence-corrected chi connectivity index (χ4v) is 2.49. The van der Waals surface area contributed by atoms with E-state index in [4.69, 9.17) is 5.11 Å². The average Bonchev–Trinajstić information content (AvgIpc) is 2.90. The Labute approximate surface area is 109 Å². The van der Waals surface area contributed by atoms with Crippen molar-refractivity contribution in [3.63, 3.8) is 0 Å². The zero-order valence-electron chi connectivity index (χ0n) is 9.83. The SMILES string of the molecule is CCC(Nc1nccnc1C(=O)O)c1cccs1. The van der Waals surface area contributed by atoms with Gasteiger partial charge in [-0.05, 0) is 17.9 Å². The fraction of sp³-hybridized carbons (Fsp3) is 0.250. The molecule has 0 aliphatic rings. The van der Waals surface area contributed by atoms with Crippen molar-refractivity contribution in [2.75, 3.05) is 5.32 Å². The number of carboxylic acids is 1. The maximum absolute atomic E-state index is 11.0. The van der Waals surface area contributed by atoms with Crippen molar-refractivity contribution >= 4 is 23.1 Å². The van der Waals surface area contributed by atoms with E-state index in [9.17, 15) is 4.79 Å². The number of carboxylic acid groups (broad SMARTS) is 1. The molecule has 0 aromatic carbocycles. The minimum atomic E-state index is -1.08. The van der Waals surface area contributed by atoms with Crippen LogP contribution in [0.4, 0.5) is 5.82 Å². The Bertz CT molecular complexity index is 528. The zero-order chi connectivity index (χ0) is 13.0. The van der Waals surface area contributed by atoms with Crippen LogP contribution in [0.5, 0.6) is 0 Å². The third-order valence-corrected chi connectivity index (χ3v) is 3.49. The summed E-state index contributed by atoms with van der Waals surface area (Å²) in [6.07, 6.45) is 3.70. The van der Waals surface area contributed by atoms with Crippen LogP contribution in [-0.2, 0) is 0 Å². The number of aromatic carboxylic acids is 1. The molecule has 2 heterocycles. The molecule has 0 spiro atoms. The highest BCUT2D eigenvalue weighted by atomic mass is 32.1. The summed E-state index contributed by atoms with van der Waals surface area (Å²) < 4.78 is 0. The molecule has 0 aliphatic carbocycles. The van der Waals surface area contributed by atoms with Gasteiger partial charge in [0.25, 0.3) is 0 Å². The van der Waals surface area contributed by atoms with E-state index >= 15 is 0 Å². The van der Waals surface area contributed by atoms with Crippen LogP contribution in [0, 0.1) is 0 Å². The lowest BCUT2D eigenvalue weighted by atomic mass is 10.2. The van der Waals surface area contributed by atoms with Crippen molar-refractivity contribution in [3.05, 3.63) is 40.5 Å². The van der Waals surface area contributed by atoms with Crippen LogP contribution in [0.15, 0.2) is 29.9 Å². The Kier molecular flexibility index (Phi) is 3.88. The summed E-state index contributed by atoms with van der Waals surface area (Å²) in [5.41, 5.74) is -0.0486. The van der Waals surface area contributed by atoms with Crippen molar-refractivity contribution in [2.24, 2.45) is 0 Å². The number of rotatable bonds is 5. The largest absolute Gasteiger partial charge is 0.476 e. The fourth-order valence-electron chi connectivity index (χ4n) is 1.63. The van der Waals surface area contributed by atoms with Gasteiger partial charge in [-0.2, -0.15) is 0 Å². The van der Waals surface area contributed by atoms with Gasteiger partial charge in [-0.3, -0.25) is 0 Å². The van der Waals surface area contributed by atoms with Gasteiger partial charge >= 0.3 is 5.97 Å². The van der Waals surface area contributed by atoms with E-state index in [1.807, 2.05) is 24.4 Å². The standard InChI is InChI=1S/C12H13N3O2S/c1-2-8(9-4-3-7-18-9)15-11-10(12(16)17)13-5-6-14-11/h3-8H,2H2,1H3,(H,14,15)(H,16,17). The van der Waals surface area contributed by atoms with Gasteiger partial charge in [-0.1, -0.05) is 13.0 Å². The highest BCUT2D eigenvalue weighted by Crippen LogP contribution is 2.26. The van der Waals surface area contributed by atoms with Crippen LogP contribution >= 0.6 is 11.3 Å². The minimum Gasteiger partial charge on any atom is -0.476 e. The first kappa shape index (κ1) is 12.5. The van der Waals surface area contributed by atoms with Crippen LogP contribution in [0.25, 0.3) is 0 Å². The van der Waals surface area contributed by atoms with E-state index in [0.29, 0.717) is 5.82 Å². The van der Waals surface area contributed by atoms with E-state index in [2.05, 4.69) is 15.3 Å². The average molecular weight is 263 g/mol. The summed E-state index contributed by atoms with van der Waals surface area (Å²) in [5.74, 6) is -0.767. The first-order chi connectivity index (χ1) is 8.72. The number of nitrogens with one attached hydrogen (secondary N) is 1. The van der Waals surface area contributed by atoms with Gasteiger partial charge in [-0.15, -0.1) is 11.3 Å². The topological polar surface area (TPSA) is 75.1 Å². The van der Waals surface area contributed by atoms with Crippen molar-refractivity contribution in [1.29, 1.82) is 0 Å². The Morgan fingerprint density at radius 2 is 2.28 bits per heavy atom. The van der Waals surface area contributed by atoms with Crippen LogP contribution in [0.3, 0.4) is 0 Å². The molecule has 2 rings (SSSR count). The Balaban J connectivity index is 2.25. The summed E-state index contributed by atoms with van der Waals surface area (Å²) in [5, 5.41) is 14.2. The lowest BCUT2D eigenvalue weighted by Crippen LogP contribution is -2.14. The molecule has 94 valence electrons. The normalized spacial score (nSPS) is 12.1. The third-order valence-electron chi connectivity index (χ3n) is 2.51. The molecule has 0 fully saturated rings. The molecule has 18 heavy (non-hydrogen) atoms. The first-order valence-electron chi connectivity index (χ1n) is 5.56. The van der Waals surface area contributed by atoms with Gasteiger partial charge in [-0.25, -0.2) is 14.8 Å². The summed E-state index contributed by atoms with van der Waals surface area (Å²) in [6, 6.07) is 4.04. The molecular formula is C12H13N3O2S. The summed E-state index contributed by atoms with van der Waals surface area (Å²) in [4.78, 5) is 20.1. The van der Waals surface area contributed by atoms with Crippen LogP contribution < -0.4 is 5.32 Å². The number of carbonyl (C=O) groups is 1. The molecule has 0 amide bonds. The highest BCUT2D eigenvalue weighted by molar-refractivity contribution is 7.10. The molecule has 0 saturated heterocycles. The van der Waals surface area contributed by atoms with Gasteiger partial charge < -0.3 is 10.4 Å². The molecule has 0 radical (unpaired) electrons. The van der Waals surface area contributed by atoms with E-state index in [1.54, 1.807) is 11.3 Å². The molecule has 6 heteroatoms. The number of thiophene rings is 1. The number of anilines is 1. The molecule has 1 unspecified atom stereocenters.